The van der Waals surface area contributed by atoms with Gasteiger partial charge in [0.15, 0.2) is 5.82 Å². The molecule has 1 aromatic carbocycles. The Morgan fingerprint density at radius 3 is 2.53 bits per heavy atom. The predicted octanol–water partition coefficient (Wildman–Crippen LogP) is 2.71. The molecule has 0 radical (unpaired) electrons. The van der Waals surface area contributed by atoms with Crippen molar-refractivity contribution in [1.29, 1.82) is 0 Å². The Hall–Kier alpha value is -2.14. The molecule has 1 heterocycles. The first-order valence-electron chi connectivity index (χ1n) is 4.96. The molecular weight excluding hydrogens is 236 g/mol. The summed E-state index contributed by atoms with van der Waals surface area (Å²) in [5, 5.41) is 12.2. The quantitative estimate of drug-likeness (QED) is 0.632. The van der Waals surface area contributed by atoms with Crippen molar-refractivity contribution in [2.75, 3.05) is 5.32 Å². The van der Waals surface area contributed by atoms with Gasteiger partial charge in [-0.1, -0.05) is 36.5 Å². The van der Waals surface area contributed by atoms with Crippen LogP contribution in [0.15, 0.2) is 48.5 Å². The van der Waals surface area contributed by atoms with Gasteiger partial charge in [0.25, 0.3) is 5.91 Å². The zero-order chi connectivity index (χ0) is 12.3. The number of amides is 1. The third-order valence-electron chi connectivity index (χ3n) is 2.21. The van der Waals surface area contributed by atoms with Crippen LogP contribution in [0.3, 0.4) is 0 Å². The van der Waals surface area contributed by atoms with Crippen molar-refractivity contribution in [2.45, 2.75) is 0 Å². The van der Waals surface area contributed by atoms with Gasteiger partial charge in [-0.2, -0.15) is 4.73 Å². The highest BCUT2D eigenvalue weighted by atomic mass is 32.1. The number of aromatic nitrogens is 1. The second kappa shape index (κ2) is 4.80. The zero-order valence-electron chi connectivity index (χ0n) is 8.83. The van der Waals surface area contributed by atoms with Gasteiger partial charge in [-0.15, -0.1) is 0 Å². The van der Waals surface area contributed by atoms with Crippen molar-refractivity contribution in [2.24, 2.45) is 0 Å². The van der Waals surface area contributed by atoms with E-state index < -0.39 is 0 Å². The maximum Gasteiger partial charge on any atom is 0.256 e. The van der Waals surface area contributed by atoms with Crippen molar-refractivity contribution < 1.29 is 10.0 Å². The summed E-state index contributed by atoms with van der Waals surface area (Å²) in [5.74, 6) is -0.0552. The van der Waals surface area contributed by atoms with Crippen LogP contribution in [0.25, 0.3) is 0 Å². The molecule has 0 aliphatic carbocycles. The van der Waals surface area contributed by atoms with Gasteiger partial charge in [0, 0.05) is 5.56 Å². The lowest BCUT2D eigenvalue weighted by Crippen LogP contribution is -2.15. The minimum Gasteiger partial charge on any atom is -0.426 e. The van der Waals surface area contributed by atoms with Gasteiger partial charge >= 0.3 is 0 Å². The van der Waals surface area contributed by atoms with Gasteiger partial charge in [-0.25, -0.2) is 0 Å². The first-order valence-corrected chi connectivity index (χ1v) is 5.37. The lowest BCUT2D eigenvalue weighted by atomic mass is 10.2. The van der Waals surface area contributed by atoms with Gasteiger partial charge in [0.1, 0.15) is 4.64 Å². The summed E-state index contributed by atoms with van der Waals surface area (Å²) in [7, 11) is 0. The van der Waals surface area contributed by atoms with Crippen LogP contribution in [-0.2, 0) is 0 Å². The fourth-order valence-electron chi connectivity index (χ4n) is 1.35. The van der Waals surface area contributed by atoms with E-state index in [4.69, 9.17) is 12.2 Å². The van der Waals surface area contributed by atoms with Crippen LogP contribution >= 0.6 is 12.2 Å². The third-order valence-corrected chi connectivity index (χ3v) is 2.52. The lowest BCUT2D eigenvalue weighted by Gasteiger charge is -2.08. The number of rotatable bonds is 2. The number of carbonyl (C=O) groups excluding carboxylic acids is 1. The highest BCUT2D eigenvalue weighted by molar-refractivity contribution is 7.71. The third kappa shape index (κ3) is 2.51. The standard InChI is InChI=1S/C12H10N2O2S/c15-12(9-5-2-1-3-6-9)13-10-7-4-8-11(17)14(10)16/h1-8,16H,(H,13,15). The molecule has 1 amide bonds. The van der Waals surface area contributed by atoms with Crippen LogP contribution in [0.4, 0.5) is 5.82 Å². The normalized spacial score (nSPS) is 9.88. The van der Waals surface area contributed by atoms with Crippen molar-refractivity contribution in [3.63, 3.8) is 0 Å². The number of pyridine rings is 1. The molecule has 5 heteroatoms. The molecule has 0 aliphatic rings. The number of carbonyl (C=O) groups is 1. The average Bonchev–Trinajstić information content (AvgIpc) is 2.36. The van der Waals surface area contributed by atoms with Crippen molar-refractivity contribution in [3.8, 4) is 0 Å². The zero-order valence-corrected chi connectivity index (χ0v) is 9.65. The molecule has 0 bridgehead atoms. The van der Waals surface area contributed by atoms with E-state index in [2.05, 4.69) is 5.32 Å². The number of hydrogen-bond donors (Lipinski definition) is 2. The molecule has 2 rings (SSSR count). The van der Waals surface area contributed by atoms with Crippen LogP contribution in [0.1, 0.15) is 10.4 Å². The molecule has 0 spiro atoms. The van der Waals surface area contributed by atoms with E-state index in [1.165, 1.54) is 0 Å². The summed E-state index contributed by atoms with van der Waals surface area (Å²) < 4.78 is 0.992. The molecule has 0 fully saturated rings. The van der Waals surface area contributed by atoms with Crippen LogP contribution in [0, 0.1) is 4.64 Å². The molecule has 0 aliphatic heterocycles. The van der Waals surface area contributed by atoms with Crippen LogP contribution < -0.4 is 5.32 Å². The molecule has 2 N–H and O–H groups in total. The molecule has 1 aromatic heterocycles. The second-order valence-corrected chi connectivity index (χ2v) is 3.80. The van der Waals surface area contributed by atoms with Gasteiger partial charge in [-0.05, 0) is 24.3 Å². The van der Waals surface area contributed by atoms with E-state index in [0.717, 1.165) is 4.73 Å². The maximum atomic E-state index is 11.8. The molecule has 17 heavy (non-hydrogen) atoms. The maximum absolute atomic E-state index is 11.8. The summed E-state index contributed by atoms with van der Waals surface area (Å²) in [6.07, 6.45) is 0. The van der Waals surface area contributed by atoms with E-state index in [0.29, 0.717) is 5.56 Å². The topological polar surface area (TPSA) is 54.3 Å². The van der Waals surface area contributed by atoms with E-state index in [-0.39, 0.29) is 16.4 Å². The Kier molecular flexibility index (Phi) is 3.20. The number of anilines is 1. The molecule has 0 unspecified atom stereocenters. The number of nitrogens with zero attached hydrogens (tertiary/aromatic N) is 1. The summed E-state index contributed by atoms with van der Waals surface area (Å²) in [6.45, 7) is 0. The monoisotopic (exact) mass is 246 g/mol. The molecule has 0 saturated carbocycles. The Morgan fingerprint density at radius 2 is 1.82 bits per heavy atom. The SMILES string of the molecule is O=C(Nc1cccc(=S)n1O)c1ccccc1. The molecule has 86 valence electrons. The fraction of sp³-hybridized carbons (Fsp3) is 0. The summed E-state index contributed by atoms with van der Waals surface area (Å²) >= 11 is 4.87. The van der Waals surface area contributed by atoms with Gasteiger partial charge < -0.3 is 10.5 Å². The number of nitrogens with one attached hydrogen (secondary N) is 1. The summed E-state index contributed by atoms with van der Waals surface area (Å²) in [4.78, 5) is 11.8. The molecule has 0 atom stereocenters. The van der Waals surface area contributed by atoms with Crippen LogP contribution in [0.5, 0.6) is 0 Å². The van der Waals surface area contributed by atoms with Crippen molar-refractivity contribution in [3.05, 3.63) is 58.7 Å². The van der Waals surface area contributed by atoms with E-state index in [1.54, 1.807) is 42.5 Å². The van der Waals surface area contributed by atoms with Crippen LogP contribution in [-0.4, -0.2) is 15.8 Å². The van der Waals surface area contributed by atoms with Crippen LogP contribution in [0.2, 0.25) is 0 Å². The van der Waals surface area contributed by atoms with Gasteiger partial charge in [0.2, 0.25) is 0 Å². The predicted molar refractivity (Wildman–Crippen MR) is 66.8 cm³/mol. The molecular formula is C12H10N2O2S. The van der Waals surface area contributed by atoms with Gasteiger partial charge in [-0.3, -0.25) is 4.79 Å². The van der Waals surface area contributed by atoms with Crippen molar-refractivity contribution in [1.82, 2.24) is 4.73 Å². The smallest absolute Gasteiger partial charge is 0.256 e. The largest absolute Gasteiger partial charge is 0.426 e. The summed E-state index contributed by atoms with van der Waals surface area (Å²) in [5.41, 5.74) is 0.516. The van der Waals surface area contributed by atoms with Crippen molar-refractivity contribution >= 4 is 23.9 Å². The van der Waals surface area contributed by atoms with Gasteiger partial charge in [0.05, 0.1) is 0 Å². The number of benzene rings is 1. The first-order chi connectivity index (χ1) is 8.18. The minimum atomic E-state index is -0.297. The highest BCUT2D eigenvalue weighted by Gasteiger charge is 2.07. The molecule has 2 aromatic rings. The fourth-order valence-corrected chi connectivity index (χ4v) is 1.53. The van der Waals surface area contributed by atoms with E-state index >= 15 is 0 Å². The van der Waals surface area contributed by atoms with E-state index in [1.807, 2.05) is 6.07 Å². The Bertz CT molecular complexity index is 593. The Labute approximate surface area is 103 Å². The Balaban J connectivity index is 2.25. The second-order valence-electron chi connectivity index (χ2n) is 3.38. The lowest BCUT2D eigenvalue weighted by molar-refractivity contribution is 0.102. The first kappa shape index (κ1) is 11.3. The summed E-state index contributed by atoms with van der Waals surface area (Å²) in [6, 6.07) is 13.5. The van der Waals surface area contributed by atoms with E-state index in [9.17, 15) is 10.0 Å². The highest BCUT2D eigenvalue weighted by Crippen LogP contribution is 2.09. The Morgan fingerprint density at radius 1 is 1.12 bits per heavy atom. The molecule has 0 saturated heterocycles. The molecule has 4 nitrogen and oxygen atoms in total. The minimum absolute atomic E-state index is 0.232. The number of hydrogen-bond acceptors (Lipinski definition) is 3. The average molecular weight is 246 g/mol.